The van der Waals surface area contributed by atoms with Crippen LogP contribution in [-0.4, -0.2) is 31.6 Å². The Kier molecular flexibility index (Phi) is 5.08. The van der Waals surface area contributed by atoms with Gasteiger partial charge in [-0.25, -0.2) is 0 Å². The van der Waals surface area contributed by atoms with Gasteiger partial charge in [-0.3, -0.25) is 4.79 Å². The first-order chi connectivity index (χ1) is 9.97. The lowest BCUT2D eigenvalue weighted by Gasteiger charge is -2.08. The molecule has 0 radical (unpaired) electrons. The van der Waals surface area contributed by atoms with E-state index in [-0.39, 0.29) is 5.75 Å². The molecule has 0 amide bonds. The maximum Gasteiger partial charge on any atom is 0.313 e. The van der Waals surface area contributed by atoms with Crippen molar-refractivity contribution >= 4 is 35.0 Å². The van der Waals surface area contributed by atoms with Gasteiger partial charge in [-0.1, -0.05) is 29.4 Å². The summed E-state index contributed by atoms with van der Waals surface area (Å²) in [6.07, 6.45) is 0. The molecule has 0 aliphatic carbocycles. The zero-order valence-electron chi connectivity index (χ0n) is 11.6. The standard InChI is InChI=1S/C13H15ClN4O2S/c1-8-3-4-9(5-10(8)14)15-6-11-16-17-13(18(11)2)21-7-12(19)20/h3-5,15H,6-7H2,1-2H3,(H,19,20). The lowest BCUT2D eigenvalue weighted by Crippen LogP contribution is -2.07. The van der Waals surface area contributed by atoms with E-state index in [2.05, 4.69) is 15.5 Å². The van der Waals surface area contributed by atoms with Crippen LogP contribution in [0, 0.1) is 6.92 Å². The van der Waals surface area contributed by atoms with Crippen molar-refractivity contribution in [1.82, 2.24) is 14.8 Å². The number of aromatic nitrogens is 3. The fourth-order valence-electron chi connectivity index (χ4n) is 1.63. The summed E-state index contributed by atoms with van der Waals surface area (Å²) in [6, 6.07) is 5.74. The van der Waals surface area contributed by atoms with E-state index in [4.69, 9.17) is 16.7 Å². The molecule has 1 aromatic carbocycles. The second-order valence-electron chi connectivity index (χ2n) is 4.46. The number of benzene rings is 1. The molecule has 1 aromatic heterocycles. The first-order valence-corrected chi connectivity index (χ1v) is 7.56. The summed E-state index contributed by atoms with van der Waals surface area (Å²) in [7, 11) is 1.81. The number of carboxylic acids is 1. The number of nitrogens with zero attached hydrogens (tertiary/aromatic N) is 3. The molecule has 0 saturated heterocycles. The molecule has 0 unspecified atom stereocenters. The zero-order valence-corrected chi connectivity index (χ0v) is 13.2. The highest BCUT2D eigenvalue weighted by atomic mass is 35.5. The molecule has 2 N–H and O–H groups in total. The zero-order chi connectivity index (χ0) is 15.4. The van der Waals surface area contributed by atoms with E-state index in [1.807, 2.05) is 32.2 Å². The van der Waals surface area contributed by atoms with Gasteiger partial charge in [0.05, 0.1) is 12.3 Å². The number of aliphatic carboxylic acids is 1. The summed E-state index contributed by atoms with van der Waals surface area (Å²) in [5.74, 6) is -0.191. The summed E-state index contributed by atoms with van der Waals surface area (Å²) in [5, 5.41) is 21.2. The fourth-order valence-corrected chi connectivity index (χ4v) is 2.47. The number of carboxylic acid groups (broad SMARTS) is 1. The molecule has 0 fully saturated rings. The van der Waals surface area contributed by atoms with Gasteiger partial charge in [-0.05, 0) is 24.6 Å². The van der Waals surface area contributed by atoms with Crippen LogP contribution >= 0.6 is 23.4 Å². The third-order valence-electron chi connectivity index (χ3n) is 2.87. The molecule has 0 spiro atoms. The second-order valence-corrected chi connectivity index (χ2v) is 5.81. The number of anilines is 1. The second kappa shape index (κ2) is 6.82. The van der Waals surface area contributed by atoms with E-state index in [0.717, 1.165) is 28.8 Å². The first kappa shape index (κ1) is 15.7. The number of thioether (sulfide) groups is 1. The van der Waals surface area contributed by atoms with Crippen molar-refractivity contribution in [2.45, 2.75) is 18.6 Å². The van der Waals surface area contributed by atoms with Crippen LogP contribution in [0.1, 0.15) is 11.4 Å². The summed E-state index contributed by atoms with van der Waals surface area (Å²) in [6.45, 7) is 2.43. The smallest absolute Gasteiger partial charge is 0.313 e. The van der Waals surface area contributed by atoms with Gasteiger partial charge in [0.2, 0.25) is 0 Å². The van der Waals surface area contributed by atoms with Gasteiger partial charge in [0.15, 0.2) is 11.0 Å². The van der Waals surface area contributed by atoms with Gasteiger partial charge in [-0.15, -0.1) is 10.2 Å². The van der Waals surface area contributed by atoms with Crippen LogP contribution in [0.2, 0.25) is 5.02 Å². The Morgan fingerprint density at radius 2 is 2.24 bits per heavy atom. The maximum absolute atomic E-state index is 10.6. The van der Waals surface area contributed by atoms with E-state index in [9.17, 15) is 4.79 Å². The largest absolute Gasteiger partial charge is 0.481 e. The van der Waals surface area contributed by atoms with E-state index < -0.39 is 5.97 Å². The molecule has 1 heterocycles. The normalized spacial score (nSPS) is 10.6. The average molecular weight is 327 g/mol. The highest BCUT2D eigenvalue weighted by Gasteiger charge is 2.10. The minimum atomic E-state index is -0.878. The van der Waals surface area contributed by atoms with E-state index in [0.29, 0.717) is 16.7 Å². The minimum absolute atomic E-state index is 0.0348. The van der Waals surface area contributed by atoms with Crippen molar-refractivity contribution in [1.29, 1.82) is 0 Å². The van der Waals surface area contributed by atoms with Crippen LogP contribution < -0.4 is 5.32 Å². The monoisotopic (exact) mass is 326 g/mol. The van der Waals surface area contributed by atoms with Crippen LogP contribution in [0.25, 0.3) is 0 Å². The van der Waals surface area contributed by atoms with Gasteiger partial charge in [0.25, 0.3) is 0 Å². The molecule has 112 valence electrons. The summed E-state index contributed by atoms with van der Waals surface area (Å²) in [4.78, 5) is 10.6. The van der Waals surface area contributed by atoms with E-state index >= 15 is 0 Å². The van der Waals surface area contributed by atoms with Crippen LogP contribution in [0.15, 0.2) is 23.4 Å². The van der Waals surface area contributed by atoms with E-state index in [1.165, 1.54) is 0 Å². The Hall–Kier alpha value is -1.73. The van der Waals surface area contributed by atoms with Gasteiger partial charge in [-0.2, -0.15) is 0 Å². The Morgan fingerprint density at radius 3 is 2.90 bits per heavy atom. The van der Waals surface area contributed by atoms with Crippen LogP contribution in [-0.2, 0) is 18.4 Å². The average Bonchev–Trinajstić information content (AvgIpc) is 2.78. The molecular formula is C13H15ClN4O2S. The number of hydrogen-bond donors (Lipinski definition) is 2. The summed E-state index contributed by atoms with van der Waals surface area (Å²) >= 11 is 7.21. The Bertz CT molecular complexity index is 660. The van der Waals surface area contributed by atoms with Gasteiger partial charge in [0.1, 0.15) is 0 Å². The van der Waals surface area contributed by atoms with Crippen molar-refractivity contribution in [3.63, 3.8) is 0 Å². The van der Waals surface area contributed by atoms with Gasteiger partial charge in [0, 0.05) is 17.8 Å². The molecular weight excluding hydrogens is 312 g/mol. The van der Waals surface area contributed by atoms with Crippen molar-refractivity contribution in [2.75, 3.05) is 11.1 Å². The van der Waals surface area contributed by atoms with Crippen molar-refractivity contribution in [3.8, 4) is 0 Å². The molecule has 0 saturated carbocycles. The first-order valence-electron chi connectivity index (χ1n) is 6.20. The highest BCUT2D eigenvalue weighted by molar-refractivity contribution is 7.99. The topological polar surface area (TPSA) is 80.0 Å². The lowest BCUT2D eigenvalue weighted by atomic mass is 10.2. The van der Waals surface area contributed by atoms with Crippen LogP contribution in [0.3, 0.4) is 0 Å². The number of rotatable bonds is 6. The molecule has 2 aromatic rings. The molecule has 6 nitrogen and oxygen atoms in total. The highest BCUT2D eigenvalue weighted by Crippen LogP contribution is 2.21. The Balaban J connectivity index is 2.00. The molecule has 0 aliphatic rings. The predicted octanol–water partition coefficient (Wildman–Crippen LogP) is 2.57. The molecule has 0 aliphatic heterocycles. The van der Waals surface area contributed by atoms with Gasteiger partial charge >= 0.3 is 5.97 Å². The number of aryl methyl sites for hydroxylation is 1. The minimum Gasteiger partial charge on any atom is -0.481 e. The summed E-state index contributed by atoms with van der Waals surface area (Å²) < 4.78 is 1.77. The van der Waals surface area contributed by atoms with Crippen LogP contribution in [0.5, 0.6) is 0 Å². The van der Waals surface area contributed by atoms with Gasteiger partial charge < -0.3 is 15.0 Å². The lowest BCUT2D eigenvalue weighted by molar-refractivity contribution is -0.133. The number of halogens is 1. The SMILES string of the molecule is Cc1ccc(NCc2nnc(SCC(=O)O)n2C)cc1Cl. The quantitative estimate of drug-likeness (QED) is 0.794. The predicted molar refractivity (Wildman–Crippen MR) is 82.9 cm³/mol. The summed E-state index contributed by atoms with van der Waals surface area (Å²) in [5.41, 5.74) is 1.92. The maximum atomic E-state index is 10.6. The van der Waals surface area contributed by atoms with E-state index in [1.54, 1.807) is 4.57 Å². The Morgan fingerprint density at radius 1 is 1.48 bits per heavy atom. The fraction of sp³-hybridized carbons (Fsp3) is 0.308. The third kappa shape index (κ3) is 4.12. The third-order valence-corrected chi connectivity index (χ3v) is 4.28. The molecule has 21 heavy (non-hydrogen) atoms. The van der Waals surface area contributed by atoms with Crippen LogP contribution in [0.4, 0.5) is 5.69 Å². The number of carbonyl (C=O) groups is 1. The number of hydrogen-bond acceptors (Lipinski definition) is 5. The molecule has 0 atom stereocenters. The molecule has 2 rings (SSSR count). The van der Waals surface area contributed by atoms with Crippen molar-refractivity contribution in [3.05, 3.63) is 34.6 Å². The molecule has 0 bridgehead atoms. The Labute approximate surface area is 131 Å². The number of nitrogens with one attached hydrogen (secondary N) is 1. The van der Waals surface area contributed by atoms with Crippen molar-refractivity contribution < 1.29 is 9.90 Å². The van der Waals surface area contributed by atoms with Crippen molar-refractivity contribution in [2.24, 2.45) is 7.05 Å². The molecule has 8 heteroatoms.